The maximum absolute atomic E-state index is 12.7. The number of allylic oxidation sites excluding steroid dienone is 1. The number of nitrogens with one attached hydrogen (secondary N) is 1. The van der Waals surface area contributed by atoms with Gasteiger partial charge >= 0.3 is 0 Å². The number of hydrogen-bond donors (Lipinski definition) is 1. The van der Waals surface area contributed by atoms with Crippen LogP contribution in [0.5, 0.6) is 5.75 Å². The Labute approximate surface area is 149 Å². The molecule has 0 fully saturated rings. The van der Waals surface area contributed by atoms with Crippen LogP contribution in [0.4, 0.5) is 0 Å². The smallest absolute Gasteiger partial charge is 0.253 e. The van der Waals surface area contributed by atoms with E-state index in [2.05, 4.69) is 16.8 Å². The van der Waals surface area contributed by atoms with E-state index >= 15 is 0 Å². The molecule has 25 heavy (non-hydrogen) atoms. The van der Waals surface area contributed by atoms with Crippen molar-refractivity contribution < 1.29 is 9.53 Å². The van der Waals surface area contributed by atoms with Crippen LogP contribution in [0.2, 0.25) is 0 Å². The molecular formula is C20H27N3O2. The van der Waals surface area contributed by atoms with Crippen molar-refractivity contribution in [3.8, 4) is 5.75 Å². The van der Waals surface area contributed by atoms with Gasteiger partial charge in [0.15, 0.2) is 0 Å². The standard InChI is InChI=1S/C20H27N3O2/c1-6-8-16-13-17(10-11-19(16)25-5)20(24)23(4)12-7-9-18-14(2)21-22-15(18)3/h6,10-11,13H,1,7-9,12H2,2-5H3,(H,21,22). The summed E-state index contributed by atoms with van der Waals surface area (Å²) in [5.41, 5.74) is 5.04. The fraction of sp³-hybridized carbons (Fsp3) is 0.400. The van der Waals surface area contributed by atoms with E-state index in [1.54, 1.807) is 12.0 Å². The number of hydrogen-bond acceptors (Lipinski definition) is 3. The fourth-order valence-electron chi connectivity index (χ4n) is 2.98. The molecule has 1 amide bonds. The van der Waals surface area contributed by atoms with E-state index in [0.717, 1.165) is 35.5 Å². The van der Waals surface area contributed by atoms with E-state index in [0.29, 0.717) is 18.5 Å². The topological polar surface area (TPSA) is 58.2 Å². The molecule has 0 bridgehead atoms. The second kappa shape index (κ2) is 8.51. The van der Waals surface area contributed by atoms with E-state index in [4.69, 9.17) is 4.74 Å². The van der Waals surface area contributed by atoms with Crippen LogP contribution < -0.4 is 4.74 Å². The molecule has 1 heterocycles. The van der Waals surface area contributed by atoms with Crippen LogP contribution >= 0.6 is 0 Å². The lowest BCUT2D eigenvalue weighted by Crippen LogP contribution is -2.28. The van der Waals surface area contributed by atoms with Crippen LogP contribution in [0.15, 0.2) is 30.9 Å². The van der Waals surface area contributed by atoms with Gasteiger partial charge in [0.2, 0.25) is 0 Å². The summed E-state index contributed by atoms with van der Waals surface area (Å²) in [6.07, 6.45) is 4.30. The van der Waals surface area contributed by atoms with Gasteiger partial charge in [-0.3, -0.25) is 9.89 Å². The fourth-order valence-corrected chi connectivity index (χ4v) is 2.98. The molecule has 2 rings (SSSR count). The van der Waals surface area contributed by atoms with Gasteiger partial charge in [-0.1, -0.05) is 6.08 Å². The number of rotatable bonds is 8. The number of aryl methyl sites for hydroxylation is 2. The number of H-pyrrole nitrogens is 1. The van der Waals surface area contributed by atoms with Crippen LogP contribution in [0, 0.1) is 13.8 Å². The van der Waals surface area contributed by atoms with Gasteiger partial charge in [-0.05, 0) is 62.4 Å². The molecule has 0 aliphatic rings. The summed E-state index contributed by atoms with van der Waals surface area (Å²) in [6.45, 7) is 8.50. The largest absolute Gasteiger partial charge is 0.496 e. The predicted molar refractivity (Wildman–Crippen MR) is 100 cm³/mol. The van der Waals surface area contributed by atoms with E-state index in [9.17, 15) is 4.79 Å². The summed E-state index contributed by atoms with van der Waals surface area (Å²) < 4.78 is 5.34. The Hall–Kier alpha value is -2.56. The van der Waals surface area contributed by atoms with Gasteiger partial charge in [0.1, 0.15) is 5.75 Å². The molecule has 0 saturated heterocycles. The first-order valence-corrected chi connectivity index (χ1v) is 8.51. The zero-order valence-corrected chi connectivity index (χ0v) is 15.6. The van der Waals surface area contributed by atoms with Crippen molar-refractivity contribution >= 4 is 5.91 Å². The minimum atomic E-state index is 0.0219. The molecule has 0 aliphatic carbocycles. The molecule has 0 radical (unpaired) electrons. The average molecular weight is 341 g/mol. The van der Waals surface area contributed by atoms with Gasteiger partial charge in [-0.15, -0.1) is 6.58 Å². The van der Waals surface area contributed by atoms with Gasteiger partial charge in [-0.2, -0.15) is 5.10 Å². The quantitative estimate of drug-likeness (QED) is 0.748. The average Bonchev–Trinajstić information content (AvgIpc) is 2.93. The zero-order valence-electron chi connectivity index (χ0n) is 15.6. The van der Waals surface area contributed by atoms with Gasteiger partial charge < -0.3 is 9.64 Å². The monoisotopic (exact) mass is 341 g/mol. The molecule has 5 heteroatoms. The van der Waals surface area contributed by atoms with Crippen LogP contribution in [0.1, 0.15) is 39.3 Å². The third-order valence-electron chi connectivity index (χ3n) is 4.44. The third-order valence-corrected chi connectivity index (χ3v) is 4.44. The lowest BCUT2D eigenvalue weighted by Gasteiger charge is -2.18. The van der Waals surface area contributed by atoms with E-state index < -0.39 is 0 Å². The molecule has 2 aromatic rings. The van der Waals surface area contributed by atoms with Crippen LogP contribution in [-0.4, -0.2) is 41.7 Å². The molecular weight excluding hydrogens is 314 g/mol. The molecule has 0 saturated carbocycles. The molecule has 0 spiro atoms. The highest BCUT2D eigenvalue weighted by Crippen LogP contribution is 2.21. The first-order valence-electron chi connectivity index (χ1n) is 8.51. The number of aromatic nitrogens is 2. The minimum absolute atomic E-state index is 0.0219. The highest BCUT2D eigenvalue weighted by molar-refractivity contribution is 5.94. The highest BCUT2D eigenvalue weighted by atomic mass is 16.5. The molecule has 5 nitrogen and oxygen atoms in total. The lowest BCUT2D eigenvalue weighted by molar-refractivity contribution is 0.0793. The number of carbonyl (C=O) groups is 1. The molecule has 0 atom stereocenters. The number of aromatic amines is 1. The normalized spacial score (nSPS) is 10.6. The van der Waals surface area contributed by atoms with E-state index in [1.165, 1.54) is 5.56 Å². The minimum Gasteiger partial charge on any atom is -0.496 e. The SMILES string of the molecule is C=CCc1cc(C(=O)N(C)CCCc2c(C)n[nH]c2C)ccc1OC. The Morgan fingerprint density at radius 2 is 2.16 bits per heavy atom. The Balaban J connectivity index is 1.99. The number of benzene rings is 1. The van der Waals surface area contributed by atoms with E-state index in [1.807, 2.05) is 45.2 Å². The number of nitrogens with zero attached hydrogens (tertiary/aromatic N) is 2. The van der Waals surface area contributed by atoms with Crippen molar-refractivity contribution in [2.24, 2.45) is 0 Å². The molecule has 0 unspecified atom stereocenters. The summed E-state index contributed by atoms with van der Waals surface area (Å²) >= 11 is 0. The van der Waals surface area contributed by atoms with Crippen molar-refractivity contribution in [2.45, 2.75) is 33.1 Å². The van der Waals surface area contributed by atoms with Crippen molar-refractivity contribution in [1.82, 2.24) is 15.1 Å². The maximum atomic E-state index is 12.7. The molecule has 1 N–H and O–H groups in total. The second-order valence-corrected chi connectivity index (χ2v) is 6.26. The molecule has 1 aromatic heterocycles. The Bertz CT molecular complexity index is 730. The summed E-state index contributed by atoms with van der Waals surface area (Å²) in [4.78, 5) is 14.4. The lowest BCUT2D eigenvalue weighted by atomic mass is 10.1. The number of methoxy groups -OCH3 is 1. The van der Waals surface area contributed by atoms with Crippen molar-refractivity contribution in [3.05, 3.63) is 58.9 Å². The first kappa shape index (κ1) is 18.8. The van der Waals surface area contributed by atoms with Gasteiger partial charge in [0.25, 0.3) is 5.91 Å². The van der Waals surface area contributed by atoms with Crippen LogP contribution in [0.25, 0.3) is 0 Å². The Kier molecular flexibility index (Phi) is 6.39. The Morgan fingerprint density at radius 1 is 1.40 bits per heavy atom. The van der Waals surface area contributed by atoms with Gasteiger partial charge in [0, 0.05) is 24.8 Å². The summed E-state index contributed by atoms with van der Waals surface area (Å²) in [5.74, 6) is 0.804. The summed E-state index contributed by atoms with van der Waals surface area (Å²) in [7, 11) is 3.48. The van der Waals surface area contributed by atoms with Crippen molar-refractivity contribution in [2.75, 3.05) is 20.7 Å². The second-order valence-electron chi connectivity index (χ2n) is 6.26. The van der Waals surface area contributed by atoms with Crippen LogP contribution in [-0.2, 0) is 12.8 Å². The maximum Gasteiger partial charge on any atom is 0.253 e. The number of ether oxygens (including phenoxy) is 1. The Morgan fingerprint density at radius 3 is 2.76 bits per heavy atom. The van der Waals surface area contributed by atoms with Gasteiger partial charge in [-0.25, -0.2) is 0 Å². The van der Waals surface area contributed by atoms with Crippen LogP contribution in [0.3, 0.4) is 0 Å². The number of amides is 1. The summed E-state index contributed by atoms with van der Waals surface area (Å²) in [5, 5.41) is 7.22. The van der Waals surface area contributed by atoms with E-state index in [-0.39, 0.29) is 5.91 Å². The molecule has 1 aromatic carbocycles. The molecule has 134 valence electrons. The zero-order chi connectivity index (χ0) is 18.4. The number of carbonyl (C=O) groups excluding carboxylic acids is 1. The van der Waals surface area contributed by atoms with Gasteiger partial charge in [0.05, 0.1) is 12.8 Å². The first-order chi connectivity index (χ1) is 12.0. The summed E-state index contributed by atoms with van der Waals surface area (Å²) in [6, 6.07) is 5.55. The third kappa shape index (κ3) is 4.50. The van der Waals surface area contributed by atoms with Crippen molar-refractivity contribution in [3.63, 3.8) is 0 Å². The predicted octanol–water partition coefficient (Wildman–Crippen LogP) is 3.47. The molecule has 0 aliphatic heterocycles. The highest BCUT2D eigenvalue weighted by Gasteiger charge is 2.14. The van der Waals surface area contributed by atoms with Crippen molar-refractivity contribution in [1.29, 1.82) is 0 Å².